The van der Waals surface area contributed by atoms with Crippen molar-refractivity contribution in [1.29, 1.82) is 0 Å². The molecule has 108 valence electrons. The van der Waals surface area contributed by atoms with Gasteiger partial charge in [0, 0.05) is 5.56 Å². The zero-order valence-electron chi connectivity index (χ0n) is 12.1. The maximum absolute atomic E-state index is 11.3. The van der Waals surface area contributed by atoms with Crippen LogP contribution in [0.3, 0.4) is 0 Å². The molecule has 0 aliphatic heterocycles. The molecule has 2 atom stereocenters. The maximum atomic E-state index is 11.3. The van der Waals surface area contributed by atoms with Crippen LogP contribution in [-0.4, -0.2) is 5.91 Å². The van der Waals surface area contributed by atoms with E-state index in [0.29, 0.717) is 17.2 Å². The number of amides is 1. The van der Waals surface area contributed by atoms with E-state index >= 15 is 0 Å². The summed E-state index contributed by atoms with van der Waals surface area (Å²) in [6, 6.07) is 15.5. The van der Waals surface area contributed by atoms with Gasteiger partial charge in [0.25, 0.3) is 0 Å². The Morgan fingerprint density at radius 2 is 2.00 bits per heavy atom. The lowest BCUT2D eigenvalue weighted by Crippen LogP contribution is -2.23. The number of carbonyl (C=O) groups excluding carboxylic acids is 1. The fraction of sp³-hybridized carbons (Fsp3) is 0.278. The number of hydrogen-bond acceptors (Lipinski definition) is 2. The molecule has 2 aromatic rings. The molecule has 1 amide bonds. The van der Waals surface area contributed by atoms with Gasteiger partial charge < -0.3 is 10.5 Å². The molecule has 0 saturated heterocycles. The Morgan fingerprint density at radius 1 is 1.19 bits per heavy atom. The highest BCUT2D eigenvalue weighted by molar-refractivity contribution is 5.93. The van der Waals surface area contributed by atoms with Gasteiger partial charge in [-0.25, -0.2) is 0 Å². The second-order valence-corrected chi connectivity index (χ2v) is 5.65. The van der Waals surface area contributed by atoms with Crippen LogP contribution in [0.1, 0.15) is 40.9 Å². The third-order valence-corrected chi connectivity index (χ3v) is 4.13. The average molecular weight is 281 g/mol. The van der Waals surface area contributed by atoms with Crippen LogP contribution in [0.2, 0.25) is 0 Å². The number of hydrogen-bond donors (Lipinski definition) is 1. The summed E-state index contributed by atoms with van der Waals surface area (Å²) in [7, 11) is 0. The lowest BCUT2D eigenvalue weighted by molar-refractivity contribution is 0.0998. The molecule has 21 heavy (non-hydrogen) atoms. The molecule has 0 saturated carbocycles. The first-order chi connectivity index (χ1) is 10.1. The molecule has 1 aliphatic carbocycles. The number of aryl methyl sites for hydroxylation is 1. The average Bonchev–Trinajstić information content (AvgIpc) is 2.50. The molecular weight excluding hydrogens is 262 g/mol. The quantitative estimate of drug-likeness (QED) is 0.936. The number of fused-ring (bicyclic) bond motifs is 1. The predicted octanol–water partition coefficient (Wildman–Crippen LogP) is 3.49. The first-order valence-electron chi connectivity index (χ1n) is 7.29. The molecule has 2 aromatic carbocycles. The molecule has 3 heteroatoms. The summed E-state index contributed by atoms with van der Waals surface area (Å²) in [6.07, 6.45) is 2.23. The standard InChI is InChI=1S/C18H19NO2/c1-12-9-10-13-5-2-3-8-16(13)17(12)21-15-7-4-6-14(11-15)18(19)20/h2-8,11-12,17H,9-10H2,1H3,(H2,19,20)/t12?,17-/m1/s1. The minimum Gasteiger partial charge on any atom is -0.485 e. The van der Waals surface area contributed by atoms with E-state index in [1.54, 1.807) is 18.2 Å². The third-order valence-electron chi connectivity index (χ3n) is 4.13. The minimum absolute atomic E-state index is 0.0260. The molecule has 0 aromatic heterocycles. The normalized spacial score (nSPS) is 20.6. The van der Waals surface area contributed by atoms with Crippen molar-refractivity contribution in [3.05, 3.63) is 65.2 Å². The number of benzene rings is 2. The largest absolute Gasteiger partial charge is 0.485 e. The van der Waals surface area contributed by atoms with E-state index in [1.165, 1.54) is 11.1 Å². The highest BCUT2D eigenvalue weighted by Crippen LogP contribution is 2.37. The number of carbonyl (C=O) groups is 1. The fourth-order valence-electron chi connectivity index (χ4n) is 2.93. The molecule has 3 rings (SSSR count). The van der Waals surface area contributed by atoms with Crippen molar-refractivity contribution in [2.75, 3.05) is 0 Å². The van der Waals surface area contributed by atoms with Crippen molar-refractivity contribution in [2.45, 2.75) is 25.9 Å². The van der Waals surface area contributed by atoms with Crippen LogP contribution in [-0.2, 0) is 6.42 Å². The first kappa shape index (κ1) is 13.7. The van der Waals surface area contributed by atoms with Crippen molar-refractivity contribution in [3.8, 4) is 5.75 Å². The lowest BCUT2D eigenvalue weighted by atomic mass is 9.82. The Kier molecular flexibility index (Phi) is 3.65. The monoisotopic (exact) mass is 281 g/mol. The predicted molar refractivity (Wildman–Crippen MR) is 82.3 cm³/mol. The van der Waals surface area contributed by atoms with Crippen molar-refractivity contribution >= 4 is 5.91 Å². The SMILES string of the molecule is CC1CCc2ccccc2[C@@H]1Oc1cccc(C(N)=O)c1. The minimum atomic E-state index is -0.433. The van der Waals surface area contributed by atoms with Crippen LogP contribution in [0, 0.1) is 5.92 Å². The first-order valence-corrected chi connectivity index (χ1v) is 7.29. The summed E-state index contributed by atoms with van der Waals surface area (Å²) in [4.78, 5) is 11.3. The Labute approximate surface area is 124 Å². The van der Waals surface area contributed by atoms with Gasteiger partial charge in [0.15, 0.2) is 0 Å². The lowest BCUT2D eigenvalue weighted by Gasteiger charge is -2.31. The van der Waals surface area contributed by atoms with Crippen molar-refractivity contribution < 1.29 is 9.53 Å². The van der Waals surface area contributed by atoms with E-state index in [9.17, 15) is 4.79 Å². The van der Waals surface area contributed by atoms with E-state index < -0.39 is 5.91 Å². The second-order valence-electron chi connectivity index (χ2n) is 5.65. The number of ether oxygens (including phenoxy) is 1. The maximum Gasteiger partial charge on any atom is 0.248 e. The molecular formula is C18H19NO2. The highest BCUT2D eigenvalue weighted by Gasteiger charge is 2.28. The van der Waals surface area contributed by atoms with Gasteiger partial charge >= 0.3 is 0 Å². The van der Waals surface area contributed by atoms with Gasteiger partial charge in [-0.2, -0.15) is 0 Å². The molecule has 0 spiro atoms. The molecule has 0 heterocycles. The van der Waals surface area contributed by atoms with E-state index in [2.05, 4.69) is 25.1 Å². The highest BCUT2D eigenvalue weighted by atomic mass is 16.5. The van der Waals surface area contributed by atoms with Gasteiger partial charge in [-0.15, -0.1) is 0 Å². The number of nitrogens with two attached hydrogens (primary N) is 1. The van der Waals surface area contributed by atoms with Crippen LogP contribution < -0.4 is 10.5 Å². The van der Waals surface area contributed by atoms with Crippen LogP contribution in [0.25, 0.3) is 0 Å². The Bertz CT molecular complexity index is 666. The molecule has 1 unspecified atom stereocenters. The van der Waals surface area contributed by atoms with E-state index in [-0.39, 0.29) is 6.10 Å². The van der Waals surface area contributed by atoms with Crippen LogP contribution in [0.5, 0.6) is 5.75 Å². The second kappa shape index (κ2) is 5.60. The Hall–Kier alpha value is -2.29. The number of rotatable bonds is 3. The van der Waals surface area contributed by atoms with Gasteiger partial charge in [-0.1, -0.05) is 37.3 Å². The van der Waals surface area contributed by atoms with Crippen LogP contribution in [0.4, 0.5) is 0 Å². The third kappa shape index (κ3) is 2.77. The summed E-state index contributed by atoms with van der Waals surface area (Å²) >= 11 is 0. The summed E-state index contributed by atoms with van der Waals surface area (Å²) < 4.78 is 6.18. The Balaban J connectivity index is 1.90. The smallest absolute Gasteiger partial charge is 0.248 e. The molecule has 0 bridgehead atoms. The summed E-state index contributed by atoms with van der Waals surface area (Å²) in [5.41, 5.74) is 8.41. The molecule has 1 aliphatic rings. The topological polar surface area (TPSA) is 52.3 Å². The van der Waals surface area contributed by atoms with E-state index in [1.807, 2.05) is 12.1 Å². The van der Waals surface area contributed by atoms with Crippen molar-refractivity contribution in [3.63, 3.8) is 0 Å². The molecule has 3 nitrogen and oxygen atoms in total. The zero-order valence-corrected chi connectivity index (χ0v) is 12.1. The van der Waals surface area contributed by atoms with Gasteiger partial charge in [0.05, 0.1) is 0 Å². The fourth-order valence-corrected chi connectivity index (χ4v) is 2.93. The molecule has 0 radical (unpaired) electrons. The van der Waals surface area contributed by atoms with Crippen LogP contribution >= 0.6 is 0 Å². The van der Waals surface area contributed by atoms with Gasteiger partial charge in [0.2, 0.25) is 5.91 Å². The molecule has 0 fully saturated rings. The van der Waals surface area contributed by atoms with E-state index in [4.69, 9.17) is 10.5 Å². The zero-order chi connectivity index (χ0) is 14.8. The van der Waals surface area contributed by atoms with Gasteiger partial charge in [0.1, 0.15) is 11.9 Å². The van der Waals surface area contributed by atoms with Gasteiger partial charge in [-0.05, 0) is 48.1 Å². The summed E-state index contributed by atoms with van der Waals surface area (Å²) in [5, 5.41) is 0. The Morgan fingerprint density at radius 3 is 2.81 bits per heavy atom. The van der Waals surface area contributed by atoms with Crippen molar-refractivity contribution in [1.82, 2.24) is 0 Å². The summed E-state index contributed by atoms with van der Waals surface area (Å²) in [5.74, 6) is 0.703. The summed E-state index contributed by atoms with van der Waals surface area (Å²) in [6.45, 7) is 2.21. The van der Waals surface area contributed by atoms with E-state index in [0.717, 1.165) is 12.8 Å². The van der Waals surface area contributed by atoms with Gasteiger partial charge in [-0.3, -0.25) is 4.79 Å². The molecule has 2 N–H and O–H groups in total. The van der Waals surface area contributed by atoms with Crippen LogP contribution in [0.15, 0.2) is 48.5 Å². The van der Waals surface area contributed by atoms with Crippen molar-refractivity contribution in [2.24, 2.45) is 11.7 Å². The number of primary amides is 1.